The Morgan fingerprint density at radius 1 is 1.50 bits per heavy atom. The Labute approximate surface area is 61.7 Å². The maximum Gasteiger partial charge on any atom is 0.697 e. The van der Waals surface area contributed by atoms with Gasteiger partial charge in [0.05, 0.1) is 0 Å². The summed E-state index contributed by atoms with van der Waals surface area (Å²) in [6, 6.07) is 0. The van der Waals surface area contributed by atoms with E-state index in [2.05, 4.69) is 13.8 Å². The monoisotopic (exact) mass is 163 g/mol. The lowest BCUT2D eigenvalue weighted by atomic mass is 9.90. The molecule has 0 saturated carbocycles. The lowest BCUT2D eigenvalue weighted by Crippen LogP contribution is -2.29. The summed E-state index contributed by atoms with van der Waals surface area (Å²) in [7, 11) is -1.81. The van der Waals surface area contributed by atoms with E-state index in [1.165, 1.54) is 0 Å². The normalized spacial score (nSPS) is 38.0. The molecule has 0 amide bonds. The molecule has 1 aliphatic heterocycles. The molecule has 1 fully saturated rings. The van der Waals surface area contributed by atoms with Gasteiger partial charge < -0.3 is 0 Å². The van der Waals surface area contributed by atoms with E-state index in [4.69, 9.17) is 9.05 Å². The van der Waals surface area contributed by atoms with E-state index in [1.807, 2.05) is 0 Å². The van der Waals surface area contributed by atoms with Gasteiger partial charge in [-0.3, -0.25) is 0 Å². The summed E-state index contributed by atoms with van der Waals surface area (Å²) in [5.74, 6) is 0. The van der Waals surface area contributed by atoms with E-state index in [9.17, 15) is 4.57 Å². The summed E-state index contributed by atoms with van der Waals surface area (Å²) in [6.45, 7) is 5.25. The molecule has 0 aromatic rings. The second kappa shape index (κ2) is 2.95. The number of hydrogen-bond acceptors (Lipinski definition) is 3. The molecule has 0 aromatic carbocycles. The summed E-state index contributed by atoms with van der Waals surface area (Å²) in [4.78, 5) is 0. The Morgan fingerprint density at radius 2 is 2.00 bits per heavy atom. The molecule has 58 valence electrons. The highest BCUT2D eigenvalue weighted by molar-refractivity contribution is 7.33. The second-order valence-corrected chi connectivity index (χ2v) is 3.90. The molecule has 0 bridgehead atoms. The predicted molar refractivity (Wildman–Crippen MR) is 37.9 cm³/mol. The van der Waals surface area contributed by atoms with Crippen molar-refractivity contribution in [3.05, 3.63) is 0 Å². The fourth-order valence-corrected chi connectivity index (χ4v) is 1.61. The lowest BCUT2D eigenvalue weighted by Gasteiger charge is -2.24. The van der Waals surface area contributed by atoms with E-state index >= 15 is 0 Å². The Morgan fingerprint density at radius 3 is 2.40 bits per heavy atom. The van der Waals surface area contributed by atoms with Crippen molar-refractivity contribution in [2.75, 3.05) is 13.2 Å². The second-order valence-electron chi connectivity index (χ2n) is 2.93. The van der Waals surface area contributed by atoms with Gasteiger partial charge in [0.15, 0.2) is 0 Å². The average molecular weight is 163 g/mol. The van der Waals surface area contributed by atoms with Gasteiger partial charge >= 0.3 is 8.25 Å². The third kappa shape index (κ3) is 1.75. The minimum Gasteiger partial charge on any atom is -0.118 e. The fourth-order valence-electron chi connectivity index (χ4n) is 0.700. The molecule has 3 nitrogen and oxygen atoms in total. The van der Waals surface area contributed by atoms with Crippen LogP contribution in [0.15, 0.2) is 0 Å². The molecule has 0 spiro atoms. The van der Waals surface area contributed by atoms with Crippen molar-refractivity contribution in [2.45, 2.75) is 20.3 Å². The van der Waals surface area contributed by atoms with Gasteiger partial charge in [-0.2, -0.15) is 0 Å². The average Bonchev–Trinajstić information content (AvgIpc) is 1.96. The summed E-state index contributed by atoms with van der Waals surface area (Å²) in [5.41, 5.74) is 0.0727. The van der Waals surface area contributed by atoms with E-state index < -0.39 is 8.25 Å². The van der Waals surface area contributed by atoms with Gasteiger partial charge in [-0.1, -0.05) is 13.8 Å². The molecule has 0 radical (unpaired) electrons. The first-order chi connectivity index (χ1) is 4.66. The van der Waals surface area contributed by atoms with Crippen LogP contribution >= 0.6 is 8.25 Å². The van der Waals surface area contributed by atoms with Crippen molar-refractivity contribution >= 4 is 8.25 Å². The van der Waals surface area contributed by atoms with Crippen molar-refractivity contribution in [1.82, 2.24) is 0 Å². The molecular weight excluding hydrogens is 151 g/mol. The summed E-state index contributed by atoms with van der Waals surface area (Å²) < 4.78 is 20.3. The highest BCUT2D eigenvalue weighted by atomic mass is 31.1. The molecule has 0 aliphatic carbocycles. The van der Waals surface area contributed by atoms with E-state index in [1.54, 1.807) is 0 Å². The van der Waals surface area contributed by atoms with Gasteiger partial charge in [0.25, 0.3) is 0 Å². The molecular formula is C6H12O3P+. The Bertz CT molecular complexity index is 136. The molecule has 10 heavy (non-hydrogen) atoms. The Kier molecular flexibility index (Phi) is 2.40. The molecule has 1 rings (SSSR count). The standard InChI is InChI=1S/C6H12O3P/c1-3-6(2)4-8-10(7)9-5-6/h3-5H2,1-2H3/q+1. The van der Waals surface area contributed by atoms with Crippen LogP contribution in [0.3, 0.4) is 0 Å². The first kappa shape index (κ1) is 8.12. The number of rotatable bonds is 1. The highest BCUT2D eigenvalue weighted by Gasteiger charge is 2.38. The zero-order chi connectivity index (χ0) is 7.61. The molecule has 1 heterocycles. The van der Waals surface area contributed by atoms with Crippen LogP contribution in [-0.2, 0) is 13.6 Å². The van der Waals surface area contributed by atoms with Crippen molar-refractivity contribution in [1.29, 1.82) is 0 Å². The maximum atomic E-state index is 10.6. The number of hydrogen-bond donors (Lipinski definition) is 0. The molecule has 1 saturated heterocycles. The Balaban J connectivity index is 2.46. The van der Waals surface area contributed by atoms with Crippen LogP contribution < -0.4 is 0 Å². The molecule has 0 N–H and O–H groups in total. The summed E-state index contributed by atoms with van der Waals surface area (Å²) in [6.07, 6.45) is 0.996. The van der Waals surface area contributed by atoms with Crippen LogP contribution in [0, 0.1) is 5.41 Å². The SMILES string of the molecule is CCC1(C)CO[P+](=O)OC1. The molecule has 0 aromatic heterocycles. The van der Waals surface area contributed by atoms with Crippen LogP contribution in [0.5, 0.6) is 0 Å². The van der Waals surface area contributed by atoms with E-state index in [0.29, 0.717) is 13.2 Å². The van der Waals surface area contributed by atoms with Gasteiger partial charge in [0.2, 0.25) is 0 Å². The molecule has 1 aliphatic rings. The third-order valence-corrected chi connectivity index (χ3v) is 2.57. The van der Waals surface area contributed by atoms with Crippen molar-refractivity contribution < 1.29 is 13.6 Å². The zero-order valence-electron chi connectivity index (χ0n) is 6.29. The van der Waals surface area contributed by atoms with Crippen LogP contribution in [0.25, 0.3) is 0 Å². The molecule has 0 atom stereocenters. The van der Waals surface area contributed by atoms with Crippen molar-refractivity contribution in [3.8, 4) is 0 Å². The first-order valence-corrected chi connectivity index (χ1v) is 4.49. The Hall–Kier alpha value is 0.0200. The van der Waals surface area contributed by atoms with Gasteiger partial charge in [-0.05, 0) is 6.42 Å². The first-order valence-electron chi connectivity index (χ1n) is 3.39. The lowest BCUT2D eigenvalue weighted by molar-refractivity contribution is 0.0381. The summed E-state index contributed by atoms with van der Waals surface area (Å²) >= 11 is 0. The molecule has 0 unspecified atom stereocenters. The fraction of sp³-hybridized carbons (Fsp3) is 1.00. The van der Waals surface area contributed by atoms with Crippen LogP contribution in [0.2, 0.25) is 0 Å². The van der Waals surface area contributed by atoms with Crippen molar-refractivity contribution in [3.63, 3.8) is 0 Å². The minimum atomic E-state index is -1.81. The highest BCUT2D eigenvalue weighted by Crippen LogP contribution is 2.38. The van der Waals surface area contributed by atoms with Gasteiger partial charge in [-0.25, -0.2) is 0 Å². The van der Waals surface area contributed by atoms with Gasteiger partial charge in [-0.15, -0.1) is 9.05 Å². The third-order valence-electron chi connectivity index (χ3n) is 1.89. The quantitative estimate of drug-likeness (QED) is 0.555. The van der Waals surface area contributed by atoms with Gasteiger partial charge in [0.1, 0.15) is 13.2 Å². The van der Waals surface area contributed by atoms with Crippen LogP contribution in [0.1, 0.15) is 20.3 Å². The maximum absolute atomic E-state index is 10.6. The smallest absolute Gasteiger partial charge is 0.118 e. The van der Waals surface area contributed by atoms with Gasteiger partial charge in [0, 0.05) is 9.98 Å². The topological polar surface area (TPSA) is 35.5 Å². The largest absolute Gasteiger partial charge is 0.697 e. The van der Waals surface area contributed by atoms with Crippen LogP contribution in [0.4, 0.5) is 0 Å². The zero-order valence-corrected chi connectivity index (χ0v) is 7.19. The van der Waals surface area contributed by atoms with E-state index in [-0.39, 0.29) is 5.41 Å². The van der Waals surface area contributed by atoms with Crippen molar-refractivity contribution in [2.24, 2.45) is 5.41 Å². The summed E-state index contributed by atoms with van der Waals surface area (Å²) in [5, 5.41) is 0. The predicted octanol–water partition coefficient (Wildman–Crippen LogP) is 2.11. The minimum absolute atomic E-state index is 0.0727. The van der Waals surface area contributed by atoms with Crippen LogP contribution in [-0.4, -0.2) is 13.2 Å². The van der Waals surface area contributed by atoms with E-state index in [0.717, 1.165) is 6.42 Å². The molecule has 4 heteroatoms.